The fraction of sp³-hybridized carbons (Fsp3) is 0.200. The summed E-state index contributed by atoms with van der Waals surface area (Å²) in [4.78, 5) is 12.7. The predicted molar refractivity (Wildman–Crippen MR) is 104 cm³/mol. The third-order valence-corrected chi connectivity index (χ3v) is 4.60. The van der Waals surface area contributed by atoms with Crippen LogP contribution in [-0.2, 0) is 7.05 Å². The van der Waals surface area contributed by atoms with Crippen molar-refractivity contribution in [1.82, 2.24) is 9.78 Å². The maximum Gasteiger partial charge on any atom is 0.276 e. The van der Waals surface area contributed by atoms with Gasteiger partial charge < -0.3 is 10.1 Å². The van der Waals surface area contributed by atoms with E-state index in [0.29, 0.717) is 22.2 Å². The summed E-state index contributed by atoms with van der Waals surface area (Å²) in [5.74, 6) is 0.197. The van der Waals surface area contributed by atoms with E-state index in [0.717, 1.165) is 16.8 Å². The van der Waals surface area contributed by atoms with E-state index in [1.165, 1.54) is 12.7 Å². The Morgan fingerprint density at radius 3 is 2.50 bits per heavy atom. The number of benzene rings is 2. The molecule has 0 aliphatic rings. The molecule has 0 aliphatic carbocycles. The maximum atomic E-state index is 12.7. The molecule has 5 nitrogen and oxygen atoms in total. The third kappa shape index (κ3) is 3.58. The van der Waals surface area contributed by atoms with Crippen molar-refractivity contribution in [1.29, 1.82) is 0 Å². The van der Waals surface area contributed by atoms with Crippen molar-refractivity contribution in [3.63, 3.8) is 0 Å². The number of rotatable bonds is 4. The van der Waals surface area contributed by atoms with Crippen LogP contribution in [-0.4, -0.2) is 22.8 Å². The van der Waals surface area contributed by atoms with E-state index in [2.05, 4.69) is 10.4 Å². The first-order valence-electron chi connectivity index (χ1n) is 8.15. The van der Waals surface area contributed by atoms with Gasteiger partial charge in [-0.2, -0.15) is 5.10 Å². The molecule has 1 heterocycles. The molecule has 3 aromatic rings. The van der Waals surface area contributed by atoms with Gasteiger partial charge in [-0.15, -0.1) is 0 Å². The van der Waals surface area contributed by atoms with Crippen LogP contribution in [0.15, 0.2) is 42.5 Å². The summed E-state index contributed by atoms with van der Waals surface area (Å²) in [6, 6.07) is 13.3. The van der Waals surface area contributed by atoms with Crippen molar-refractivity contribution < 1.29 is 9.53 Å². The molecular formula is C20H20ClN3O2. The summed E-state index contributed by atoms with van der Waals surface area (Å²) in [6.45, 7) is 3.90. The predicted octanol–water partition coefficient (Wildman–Crippen LogP) is 4.62. The van der Waals surface area contributed by atoms with E-state index in [4.69, 9.17) is 16.3 Å². The molecule has 26 heavy (non-hydrogen) atoms. The first-order chi connectivity index (χ1) is 12.4. The maximum absolute atomic E-state index is 12.7. The number of carbonyl (C=O) groups excluding carboxylic acids is 1. The third-order valence-electron chi connectivity index (χ3n) is 4.19. The van der Waals surface area contributed by atoms with Crippen LogP contribution in [0.3, 0.4) is 0 Å². The molecule has 1 amide bonds. The number of aromatic nitrogens is 2. The zero-order valence-corrected chi connectivity index (χ0v) is 15.9. The van der Waals surface area contributed by atoms with Crippen LogP contribution < -0.4 is 10.1 Å². The Bertz CT molecular complexity index is 962. The first-order valence-corrected chi connectivity index (χ1v) is 8.53. The molecule has 0 saturated heterocycles. The van der Waals surface area contributed by atoms with Gasteiger partial charge in [0.05, 0.1) is 18.5 Å². The monoisotopic (exact) mass is 369 g/mol. The van der Waals surface area contributed by atoms with Crippen LogP contribution in [0.25, 0.3) is 11.3 Å². The Hall–Kier alpha value is -2.79. The van der Waals surface area contributed by atoms with Crippen LogP contribution in [0.2, 0.25) is 5.02 Å². The SMILES string of the molecule is COc1cc(Cl)c(C)cc1NC(=O)c1cc(-c2ccc(C)cc2)n(C)n1. The zero-order chi connectivity index (χ0) is 18.8. The molecule has 0 unspecified atom stereocenters. The fourth-order valence-electron chi connectivity index (χ4n) is 2.69. The van der Waals surface area contributed by atoms with E-state index in [1.807, 2.05) is 45.2 Å². The van der Waals surface area contributed by atoms with Crippen LogP contribution in [0, 0.1) is 13.8 Å². The molecule has 3 rings (SSSR count). The molecule has 0 saturated carbocycles. The van der Waals surface area contributed by atoms with Crippen molar-refractivity contribution in [2.75, 3.05) is 12.4 Å². The highest BCUT2D eigenvalue weighted by atomic mass is 35.5. The van der Waals surface area contributed by atoms with Crippen LogP contribution in [0.4, 0.5) is 5.69 Å². The second kappa shape index (κ2) is 7.22. The Kier molecular flexibility index (Phi) is 5.00. The Labute approximate surface area is 157 Å². The van der Waals surface area contributed by atoms with Gasteiger partial charge >= 0.3 is 0 Å². The smallest absolute Gasteiger partial charge is 0.276 e. The summed E-state index contributed by atoms with van der Waals surface area (Å²) in [5.41, 5.74) is 4.79. The normalized spacial score (nSPS) is 10.7. The lowest BCUT2D eigenvalue weighted by molar-refractivity contribution is 0.102. The molecule has 0 bridgehead atoms. The molecule has 6 heteroatoms. The molecule has 2 aromatic carbocycles. The summed E-state index contributed by atoms with van der Waals surface area (Å²) in [5, 5.41) is 7.77. The lowest BCUT2D eigenvalue weighted by Gasteiger charge is -2.11. The van der Waals surface area contributed by atoms with Gasteiger partial charge in [0.2, 0.25) is 0 Å². The van der Waals surface area contributed by atoms with Crippen LogP contribution >= 0.6 is 11.6 Å². The Morgan fingerprint density at radius 1 is 1.15 bits per heavy atom. The standard InChI is InChI=1S/C20H20ClN3O2/c1-12-5-7-14(8-6-12)18-11-17(23-24(18)3)20(25)22-16-9-13(2)15(21)10-19(16)26-4/h5-11H,1-4H3,(H,22,25). The molecule has 0 atom stereocenters. The summed E-state index contributed by atoms with van der Waals surface area (Å²) < 4.78 is 7.00. The number of hydrogen-bond donors (Lipinski definition) is 1. The molecule has 1 N–H and O–H groups in total. The molecule has 0 aliphatic heterocycles. The fourth-order valence-corrected chi connectivity index (χ4v) is 2.84. The van der Waals surface area contributed by atoms with E-state index in [9.17, 15) is 4.79 Å². The molecular weight excluding hydrogens is 350 g/mol. The van der Waals surface area contributed by atoms with E-state index in [1.54, 1.807) is 22.9 Å². The van der Waals surface area contributed by atoms with Gasteiger partial charge in [-0.3, -0.25) is 9.48 Å². The van der Waals surface area contributed by atoms with Crippen molar-refractivity contribution in [3.8, 4) is 17.0 Å². The highest BCUT2D eigenvalue weighted by Crippen LogP contribution is 2.31. The zero-order valence-electron chi connectivity index (χ0n) is 15.1. The van der Waals surface area contributed by atoms with E-state index in [-0.39, 0.29) is 5.91 Å². The minimum absolute atomic E-state index is 0.306. The Balaban J connectivity index is 1.89. The second-order valence-electron chi connectivity index (χ2n) is 6.16. The topological polar surface area (TPSA) is 56.1 Å². The van der Waals surface area contributed by atoms with Gasteiger partial charge in [-0.05, 0) is 37.1 Å². The van der Waals surface area contributed by atoms with Gasteiger partial charge in [0, 0.05) is 18.1 Å². The number of nitrogens with one attached hydrogen (secondary N) is 1. The minimum atomic E-state index is -0.306. The Morgan fingerprint density at radius 2 is 1.85 bits per heavy atom. The molecule has 134 valence electrons. The minimum Gasteiger partial charge on any atom is -0.495 e. The number of amides is 1. The molecule has 0 radical (unpaired) electrons. The van der Waals surface area contributed by atoms with Crippen molar-refractivity contribution in [2.24, 2.45) is 7.05 Å². The van der Waals surface area contributed by atoms with E-state index < -0.39 is 0 Å². The number of carbonyl (C=O) groups is 1. The molecule has 0 fully saturated rings. The highest BCUT2D eigenvalue weighted by molar-refractivity contribution is 6.31. The van der Waals surface area contributed by atoms with Crippen molar-refractivity contribution in [3.05, 3.63) is 64.3 Å². The van der Waals surface area contributed by atoms with Crippen LogP contribution in [0.5, 0.6) is 5.75 Å². The average Bonchev–Trinajstić information content (AvgIpc) is 3.00. The number of nitrogens with zero attached hydrogens (tertiary/aromatic N) is 2. The number of methoxy groups -OCH3 is 1. The van der Waals surface area contributed by atoms with Gasteiger partial charge in [-0.25, -0.2) is 0 Å². The van der Waals surface area contributed by atoms with Gasteiger partial charge in [0.1, 0.15) is 5.75 Å². The lowest BCUT2D eigenvalue weighted by atomic mass is 10.1. The number of anilines is 1. The van der Waals surface area contributed by atoms with Crippen molar-refractivity contribution >= 4 is 23.2 Å². The quantitative estimate of drug-likeness (QED) is 0.730. The molecule has 1 aromatic heterocycles. The van der Waals surface area contributed by atoms with Gasteiger partial charge in [0.15, 0.2) is 5.69 Å². The highest BCUT2D eigenvalue weighted by Gasteiger charge is 2.16. The summed E-state index contributed by atoms with van der Waals surface area (Å²) in [7, 11) is 3.35. The second-order valence-corrected chi connectivity index (χ2v) is 6.57. The van der Waals surface area contributed by atoms with Gasteiger partial charge in [0.25, 0.3) is 5.91 Å². The van der Waals surface area contributed by atoms with E-state index >= 15 is 0 Å². The first kappa shape index (κ1) is 18.0. The summed E-state index contributed by atoms with van der Waals surface area (Å²) >= 11 is 6.11. The van der Waals surface area contributed by atoms with Crippen molar-refractivity contribution in [2.45, 2.75) is 13.8 Å². The number of aryl methyl sites for hydroxylation is 3. The molecule has 0 spiro atoms. The lowest BCUT2D eigenvalue weighted by Crippen LogP contribution is -2.14. The largest absolute Gasteiger partial charge is 0.495 e. The number of hydrogen-bond acceptors (Lipinski definition) is 3. The van der Waals surface area contributed by atoms with Crippen LogP contribution in [0.1, 0.15) is 21.6 Å². The average molecular weight is 370 g/mol. The van der Waals surface area contributed by atoms with Gasteiger partial charge in [-0.1, -0.05) is 41.4 Å². The number of ether oxygens (including phenoxy) is 1. The number of halogens is 1. The summed E-state index contributed by atoms with van der Waals surface area (Å²) in [6.07, 6.45) is 0.